The Hall–Kier alpha value is -0.830. The van der Waals surface area contributed by atoms with E-state index in [0.29, 0.717) is 17.7 Å². The van der Waals surface area contributed by atoms with E-state index in [2.05, 4.69) is 23.5 Å². The summed E-state index contributed by atoms with van der Waals surface area (Å²) in [4.78, 5) is 13.7. The Kier molecular flexibility index (Phi) is 5.00. The van der Waals surface area contributed by atoms with Crippen LogP contribution in [0.2, 0.25) is 0 Å². The van der Waals surface area contributed by atoms with Crippen molar-refractivity contribution < 1.29 is 9.53 Å². The Morgan fingerprint density at radius 3 is 2.44 bits per heavy atom. The predicted molar refractivity (Wildman–Crippen MR) is 65.3 cm³/mol. The lowest BCUT2D eigenvalue weighted by Gasteiger charge is -2.38. The molecule has 1 aliphatic rings. The molecule has 92 valence electrons. The fourth-order valence-electron chi connectivity index (χ4n) is 2.32. The Labute approximate surface area is 98.5 Å². The van der Waals surface area contributed by atoms with Gasteiger partial charge >= 0.3 is 5.97 Å². The molecule has 2 unspecified atom stereocenters. The molecule has 0 aromatic rings. The Bertz CT molecular complexity index is 263. The van der Waals surface area contributed by atoms with Crippen molar-refractivity contribution in [1.29, 1.82) is 0 Å². The van der Waals surface area contributed by atoms with Gasteiger partial charge in [0.15, 0.2) is 0 Å². The van der Waals surface area contributed by atoms with Crippen molar-refractivity contribution >= 4 is 5.97 Å². The minimum atomic E-state index is -0.225. The molecular weight excluding hydrogens is 202 g/mol. The molecule has 0 amide bonds. The van der Waals surface area contributed by atoms with Crippen molar-refractivity contribution in [3.05, 3.63) is 11.6 Å². The molecule has 1 aliphatic heterocycles. The standard InChI is InChI=1S/C13H23NO2/c1-10(13(15)16-4)8-9-14-11(2)6-5-7-12(14)3/h8,11-12H,5-7,9H2,1-4H3. The number of hydrogen-bond donors (Lipinski definition) is 0. The molecule has 1 rings (SSSR count). The number of hydrogen-bond acceptors (Lipinski definition) is 3. The molecule has 0 aromatic heterocycles. The number of esters is 1. The van der Waals surface area contributed by atoms with Gasteiger partial charge in [0, 0.05) is 24.2 Å². The number of ether oxygens (including phenoxy) is 1. The smallest absolute Gasteiger partial charge is 0.333 e. The van der Waals surface area contributed by atoms with Gasteiger partial charge in [-0.2, -0.15) is 0 Å². The summed E-state index contributed by atoms with van der Waals surface area (Å²) in [6, 6.07) is 1.23. The first-order chi connectivity index (χ1) is 7.56. The summed E-state index contributed by atoms with van der Waals surface area (Å²) in [6.07, 6.45) is 5.81. The normalized spacial score (nSPS) is 27.9. The van der Waals surface area contributed by atoms with Gasteiger partial charge in [-0.15, -0.1) is 0 Å². The summed E-state index contributed by atoms with van der Waals surface area (Å²) in [5, 5.41) is 0. The van der Waals surface area contributed by atoms with E-state index in [9.17, 15) is 4.79 Å². The zero-order valence-corrected chi connectivity index (χ0v) is 10.8. The summed E-state index contributed by atoms with van der Waals surface area (Å²) < 4.78 is 4.68. The fourth-order valence-corrected chi connectivity index (χ4v) is 2.32. The molecule has 0 spiro atoms. The molecule has 1 saturated heterocycles. The highest BCUT2D eigenvalue weighted by Crippen LogP contribution is 2.22. The zero-order valence-electron chi connectivity index (χ0n) is 10.8. The predicted octanol–water partition coefficient (Wildman–Crippen LogP) is 2.37. The van der Waals surface area contributed by atoms with E-state index in [1.165, 1.54) is 26.4 Å². The lowest BCUT2D eigenvalue weighted by molar-refractivity contribution is -0.136. The van der Waals surface area contributed by atoms with Crippen LogP contribution in [0, 0.1) is 0 Å². The number of nitrogens with zero attached hydrogens (tertiary/aromatic N) is 1. The maximum Gasteiger partial charge on any atom is 0.333 e. The van der Waals surface area contributed by atoms with Crippen molar-refractivity contribution in [3.8, 4) is 0 Å². The van der Waals surface area contributed by atoms with Gasteiger partial charge in [0.25, 0.3) is 0 Å². The molecule has 0 aromatic carbocycles. The van der Waals surface area contributed by atoms with Gasteiger partial charge in [-0.1, -0.05) is 12.5 Å². The van der Waals surface area contributed by atoms with Crippen LogP contribution in [0.15, 0.2) is 11.6 Å². The molecule has 3 nitrogen and oxygen atoms in total. The fraction of sp³-hybridized carbons (Fsp3) is 0.769. The molecule has 3 heteroatoms. The van der Waals surface area contributed by atoms with E-state index in [0.717, 1.165) is 6.54 Å². The van der Waals surface area contributed by atoms with Crippen molar-refractivity contribution in [2.75, 3.05) is 13.7 Å². The first-order valence-corrected chi connectivity index (χ1v) is 6.07. The second kappa shape index (κ2) is 6.04. The average molecular weight is 225 g/mol. The highest BCUT2D eigenvalue weighted by molar-refractivity contribution is 5.87. The second-order valence-electron chi connectivity index (χ2n) is 4.70. The van der Waals surface area contributed by atoms with E-state index in [-0.39, 0.29) is 5.97 Å². The van der Waals surface area contributed by atoms with Crippen LogP contribution in [0.4, 0.5) is 0 Å². The third kappa shape index (κ3) is 3.34. The third-order valence-corrected chi connectivity index (χ3v) is 3.49. The topological polar surface area (TPSA) is 29.5 Å². The monoisotopic (exact) mass is 225 g/mol. The zero-order chi connectivity index (χ0) is 12.1. The lowest BCUT2D eigenvalue weighted by Crippen LogP contribution is -2.43. The van der Waals surface area contributed by atoms with Crippen LogP contribution in [-0.2, 0) is 9.53 Å². The Balaban J connectivity index is 2.55. The van der Waals surface area contributed by atoms with Gasteiger partial charge in [0.05, 0.1) is 7.11 Å². The second-order valence-corrected chi connectivity index (χ2v) is 4.70. The number of carbonyl (C=O) groups excluding carboxylic acids is 1. The summed E-state index contributed by atoms with van der Waals surface area (Å²) in [6.45, 7) is 7.18. The summed E-state index contributed by atoms with van der Waals surface area (Å²) in [7, 11) is 1.42. The molecule has 0 N–H and O–H groups in total. The van der Waals surface area contributed by atoms with Gasteiger partial charge in [0.2, 0.25) is 0 Å². The van der Waals surface area contributed by atoms with Crippen molar-refractivity contribution in [2.45, 2.75) is 52.1 Å². The van der Waals surface area contributed by atoms with Crippen molar-refractivity contribution in [3.63, 3.8) is 0 Å². The first-order valence-electron chi connectivity index (χ1n) is 6.07. The molecule has 1 heterocycles. The number of carbonyl (C=O) groups is 1. The molecule has 16 heavy (non-hydrogen) atoms. The van der Waals surface area contributed by atoms with Gasteiger partial charge in [-0.05, 0) is 33.6 Å². The van der Waals surface area contributed by atoms with Crippen LogP contribution in [0.5, 0.6) is 0 Å². The van der Waals surface area contributed by atoms with E-state index < -0.39 is 0 Å². The van der Waals surface area contributed by atoms with Crippen LogP contribution in [0.25, 0.3) is 0 Å². The number of rotatable bonds is 3. The molecule has 0 saturated carbocycles. The molecular formula is C13H23NO2. The largest absolute Gasteiger partial charge is 0.466 e. The molecule has 0 aliphatic carbocycles. The maximum absolute atomic E-state index is 11.2. The maximum atomic E-state index is 11.2. The Morgan fingerprint density at radius 1 is 1.38 bits per heavy atom. The van der Waals surface area contributed by atoms with E-state index in [1.54, 1.807) is 0 Å². The first kappa shape index (κ1) is 13.2. The van der Waals surface area contributed by atoms with Crippen LogP contribution in [0.1, 0.15) is 40.0 Å². The number of methoxy groups -OCH3 is 1. The van der Waals surface area contributed by atoms with Gasteiger partial charge in [-0.3, -0.25) is 4.90 Å². The minimum absolute atomic E-state index is 0.225. The van der Waals surface area contributed by atoms with Crippen LogP contribution >= 0.6 is 0 Å². The summed E-state index contributed by atoms with van der Waals surface area (Å²) >= 11 is 0. The Morgan fingerprint density at radius 2 is 1.94 bits per heavy atom. The highest BCUT2D eigenvalue weighted by atomic mass is 16.5. The molecule has 0 radical (unpaired) electrons. The van der Waals surface area contributed by atoms with Crippen molar-refractivity contribution in [2.24, 2.45) is 0 Å². The van der Waals surface area contributed by atoms with Crippen molar-refractivity contribution in [1.82, 2.24) is 4.90 Å². The summed E-state index contributed by atoms with van der Waals surface area (Å²) in [5.41, 5.74) is 0.701. The van der Waals surface area contributed by atoms with Gasteiger partial charge < -0.3 is 4.74 Å². The van der Waals surface area contributed by atoms with Crippen LogP contribution in [-0.4, -0.2) is 36.6 Å². The third-order valence-electron chi connectivity index (χ3n) is 3.49. The SMILES string of the molecule is COC(=O)C(C)=CCN1C(C)CCCC1C. The van der Waals surface area contributed by atoms with Crippen LogP contribution in [0.3, 0.4) is 0 Å². The van der Waals surface area contributed by atoms with E-state index in [4.69, 9.17) is 0 Å². The molecule has 0 bridgehead atoms. The minimum Gasteiger partial charge on any atom is -0.466 e. The summed E-state index contributed by atoms with van der Waals surface area (Å²) in [5.74, 6) is -0.225. The highest BCUT2D eigenvalue weighted by Gasteiger charge is 2.23. The van der Waals surface area contributed by atoms with Gasteiger partial charge in [-0.25, -0.2) is 4.79 Å². The molecule has 2 atom stereocenters. The van der Waals surface area contributed by atoms with Crippen LogP contribution < -0.4 is 0 Å². The number of piperidine rings is 1. The average Bonchev–Trinajstić information content (AvgIpc) is 2.27. The number of likely N-dealkylation sites (tertiary alicyclic amines) is 1. The van der Waals surface area contributed by atoms with E-state index >= 15 is 0 Å². The quantitative estimate of drug-likeness (QED) is 0.545. The molecule has 1 fully saturated rings. The van der Waals surface area contributed by atoms with E-state index in [1.807, 2.05) is 13.0 Å². The van der Waals surface area contributed by atoms with Gasteiger partial charge in [0.1, 0.15) is 0 Å². The lowest BCUT2D eigenvalue weighted by atomic mass is 9.97.